The van der Waals surface area contributed by atoms with Crippen LogP contribution in [-0.2, 0) is 9.59 Å². The molecule has 0 atom stereocenters. The number of halogens is 1. The molecule has 2 N–H and O–H groups in total. The van der Waals surface area contributed by atoms with E-state index in [1.165, 1.54) is 12.3 Å². The molecule has 2 heterocycles. The number of nitrogens with one attached hydrogen (secondary N) is 2. The smallest absolute Gasteiger partial charge is 0.256 e. The van der Waals surface area contributed by atoms with Gasteiger partial charge in [0.25, 0.3) is 5.91 Å². The number of amides is 2. The second kappa shape index (κ2) is 8.23. The van der Waals surface area contributed by atoms with Gasteiger partial charge >= 0.3 is 0 Å². The van der Waals surface area contributed by atoms with Crippen molar-refractivity contribution in [2.75, 3.05) is 25.0 Å². The van der Waals surface area contributed by atoms with Crippen molar-refractivity contribution in [3.63, 3.8) is 0 Å². The average molecular weight is 500 g/mol. The monoisotopic (exact) mass is 499 g/mol. The van der Waals surface area contributed by atoms with Crippen LogP contribution in [0, 0.1) is 23.1 Å². The van der Waals surface area contributed by atoms with Crippen LogP contribution in [0.5, 0.6) is 0 Å². The molecule has 7 nitrogen and oxygen atoms in total. The van der Waals surface area contributed by atoms with Crippen molar-refractivity contribution in [2.45, 2.75) is 50.1 Å². The highest BCUT2D eigenvalue weighted by Crippen LogP contribution is 2.46. The fourth-order valence-electron chi connectivity index (χ4n) is 5.51. The maximum Gasteiger partial charge on any atom is 0.256 e. The standard InChI is InChI=1S/C29H30FN5O2/c30-24-12-20(19-4-8-25(21(11-19)13-31)32-22-5-6-22)3-7-23(24)26-33-29(9-10-29)28(37)35(26)16-17-14-34(15-17)27(36)18-1-2-18/h3-4,7-8,11-13,17-18,22,31-32H,1-2,5-6,9-10,14-16H2. The molecule has 0 aromatic heterocycles. The van der Waals surface area contributed by atoms with E-state index in [0.717, 1.165) is 42.5 Å². The van der Waals surface area contributed by atoms with Crippen LogP contribution in [0.4, 0.5) is 10.1 Å². The number of rotatable bonds is 8. The van der Waals surface area contributed by atoms with Gasteiger partial charge in [0.2, 0.25) is 5.91 Å². The number of likely N-dealkylation sites (tertiary alicyclic amines) is 1. The van der Waals surface area contributed by atoms with Gasteiger partial charge < -0.3 is 15.6 Å². The number of hydrogen-bond acceptors (Lipinski definition) is 5. The quantitative estimate of drug-likeness (QED) is 0.537. The largest absolute Gasteiger partial charge is 0.382 e. The minimum absolute atomic E-state index is 0.0349. The lowest BCUT2D eigenvalue weighted by molar-refractivity contribution is -0.139. The number of nitrogens with zero attached hydrogens (tertiary/aromatic N) is 3. The zero-order valence-electron chi connectivity index (χ0n) is 20.7. The summed E-state index contributed by atoms with van der Waals surface area (Å²) in [4.78, 5) is 33.8. The molecule has 3 saturated carbocycles. The number of carbonyl (C=O) groups excluding carboxylic acids is 2. The Kier molecular flexibility index (Phi) is 5.03. The fourth-order valence-corrected chi connectivity index (χ4v) is 5.51. The molecule has 3 aliphatic carbocycles. The van der Waals surface area contributed by atoms with E-state index in [2.05, 4.69) is 5.32 Å². The van der Waals surface area contributed by atoms with Crippen molar-refractivity contribution >= 4 is 29.6 Å². The Balaban J connectivity index is 1.11. The van der Waals surface area contributed by atoms with Gasteiger partial charge in [-0.2, -0.15) is 0 Å². The molecule has 37 heavy (non-hydrogen) atoms. The normalized spacial score (nSPS) is 22.2. The minimum atomic E-state index is -0.711. The summed E-state index contributed by atoms with van der Waals surface area (Å²) in [6, 6.07) is 11.4. The van der Waals surface area contributed by atoms with Crippen LogP contribution in [0.3, 0.4) is 0 Å². The van der Waals surface area contributed by atoms with Gasteiger partial charge in [-0.15, -0.1) is 0 Å². The average Bonchev–Trinajstić information content (AvgIpc) is 3.72. The number of carbonyl (C=O) groups is 2. The Morgan fingerprint density at radius 2 is 1.84 bits per heavy atom. The van der Waals surface area contributed by atoms with Crippen molar-refractivity contribution in [3.05, 3.63) is 53.3 Å². The Morgan fingerprint density at radius 3 is 2.49 bits per heavy atom. The van der Waals surface area contributed by atoms with E-state index < -0.39 is 11.4 Å². The molecule has 8 heteroatoms. The highest BCUT2D eigenvalue weighted by Gasteiger charge is 2.58. The molecule has 2 aliphatic heterocycles. The Bertz CT molecular complexity index is 1350. The summed E-state index contributed by atoms with van der Waals surface area (Å²) >= 11 is 0. The summed E-state index contributed by atoms with van der Waals surface area (Å²) in [6.45, 7) is 1.77. The van der Waals surface area contributed by atoms with Crippen molar-refractivity contribution < 1.29 is 14.0 Å². The second-order valence-electron chi connectivity index (χ2n) is 11.3. The van der Waals surface area contributed by atoms with Crippen LogP contribution in [0.1, 0.15) is 49.7 Å². The number of amidine groups is 1. The fraction of sp³-hybridized carbons (Fsp3) is 0.448. The molecule has 5 aliphatic rings. The molecule has 7 rings (SSSR count). The second-order valence-corrected chi connectivity index (χ2v) is 11.3. The number of hydrogen-bond donors (Lipinski definition) is 2. The molecule has 2 aromatic rings. The van der Waals surface area contributed by atoms with E-state index in [4.69, 9.17) is 10.4 Å². The van der Waals surface area contributed by atoms with E-state index in [9.17, 15) is 9.59 Å². The molecule has 0 unspecified atom stereocenters. The van der Waals surface area contributed by atoms with Crippen molar-refractivity contribution in [3.8, 4) is 11.1 Å². The van der Waals surface area contributed by atoms with Gasteiger partial charge in [-0.05, 0) is 73.9 Å². The predicted molar refractivity (Wildman–Crippen MR) is 139 cm³/mol. The summed E-state index contributed by atoms with van der Waals surface area (Å²) in [5.74, 6) is 0.600. The van der Waals surface area contributed by atoms with Crippen LogP contribution >= 0.6 is 0 Å². The topological polar surface area (TPSA) is 88.9 Å². The number of anilines is 1. The van der Waals surface area contributed by atoms with Gasteiger partial charge in [0.1, 0.15) is 17.2 Å². The number of aliphatic imine (C=N–C) groups is 1. The van der Waals surface area contributed by atoms with Crippen LogP contribution in [0.25, 0.3) is 11.1 Å². The summed E-state index contributed by atoms with van der Waals surface area (Å²) in [5.41, 5.74) is 2.88. The Hall–Kier alpha value is -3.55. The highest BCUT2D eigenvalue weighted by molar-refractivity contribution is 6.16. The Morgan fingerprint density at radius 1 is 1.11 bits per heavy atom. The van der Waals surface area contributed by atoms with E-state index in [-0.39, 0.29) is 23.7 Å². The Labute approximate surface area is 215 Å². The van der Waals surface area contributed by atoms with Gasteiger partial charge in [-0.25, -0.2) is 4.39 Å². The molecule has 190 valence electrons. The molecule has 0 radical (unpaired) electrons. The first-order valence-electron chi connectivity index (χ1n) is 13.4. The lowest BCUT2D eigenvalue weighted by Crippen LogP contribution is -2.55. The molecule has 2 aromatic carbocycles. The first-order chi connectivity index (χ1) is 17.9. The zero-order chi connectivity index (χ0) is 25.3. The predicted octanol–water partition coefficient (Wildman–Crippen LogP) is 4.05. The van der Waals surface area contributed by atoms with E-state index >= 15 is 4.39 Å². The SMILES string of the molecule is N=Cc1cc(-c2ccc(C3=NC4(CC4)C(=O)N3CC3CN(C(=O)C4CC4)C3)c(F)c2)ccc1NC1CC1. The minimum Gasteiger partial charge on any atom is -0.382 e. The van der Waals surface area contributed by atoms with E-state index in [1.807, 2.05) is 29.2 Å². The summed E-state index contributed by atoms with van der Waals surface area (Å²) in [5, 5.41) is 11.2. The van der Waals surface area contributed by atoms with Gasteiger partial charge in [-0.1, -0.05) is 12.1 Å². The molecule has 1 spiro atoms. The number of benzene rings is 2. The maximum absolute atomic E-state index is 15.6. The van der Waals surface area contributed by atoms with Crippen LogP contribution in [0.15, 0.2) is 41.4 Å². The third kappa shape index (κ3) is 4.03. The lowest BCUT2D eigenvalue weighted by atomic mass is 9.97. The first-order valence-corrected chi connectivity index (χ1v) is 13.4. The summed E-state index contributed by atoms with van der Waals surface area (Å²) < 4.78 is 15.6. The van der Waals surface area contributed by atoms with Gasteiger partial charge in [0.15, 0.2) is 0 Å². The van der Waals surface area contributed by atoms with E-state index in [0.29, 0.717) is 55.5 Å². The molecule has 4 fully saturated rings. The highest BCUT2D eigenvalue weighted by atomic mass is 19.1. The zero-order valence-corrected chi connectivity index (χ0v) is 20.7. The molecular weight excluding hydrogens is 469 g/mol. The summed E-state index contributed by atoms with van der Waals surface area (Å²) in [6.07, 6.45) is 7.01. The van der Waals surface area contributed by atoms with Crippen LogP contribution in [-0.4, -0.2) is 64.9 Å². The van der Waals surface area contributed by atoms with Gasteiger partial charge in [0.05, 0.1) is 5.56 Å². The third-order valence-corrected chi connectivity index (χ3v) is 8.27. The van der Waals surface area contributed by atoms with Crippen LogP contribution in [0.2, 0.25) is 0 Å². The van der Waals surface area contributed by atoms with E-state index in [1.54, 1.807) is 11.0 Å². The molecule has 0 bridgehead atoms. The summed E-state index contributed by atoms with van der Waals surface area (Å²) in [7, 11) is 0. The van der Waals surface area contributed by atoms with Gasteiger partial charge in [0, 0.05) is 55.0 Å². The molecule has 1 saturated heterocycles. The molecular formula is C29H30FN5O2. The lowest BCUT2D eigenvalue weighted by Gasteiger charge is -2.41. The van der Waals surface area contributed by atoms with Crippen LogP contribution < -0.4 is 5.32 Å². The van der Waals surface area contributed by atoms with Gasteiger partial charge in [-0.3, -0.25) is 19.5 Å². The van der Waals surface area contributed by atoms with Crippen molar-refractivity contribution in [1.29, 1.82) is 5.41 Å². The third-order valence-electron chi connectivity index (χ3n) is 8.27. The maximum atomic E-state index is 15.6. The first kappa shape index (κ1) is 22.6. The van der Waals surface area contributed by atoms with Crippen molar-refractivity contribution in [2.24, 2.45) is 16.8 Å². The molecule has 2 amide bonds. The van der Waals surface area contributed by atoms with Crippen molar-refractivity contribution in [1.82, 2.24) is 9.80 Å².